The zero-order valence-electron chi connectivity index (χ0n) is 9.58. The van der Waals surface area contributed by atoms with Gasteiger partial charge in [-0.2, -0.15) is 0 Å². The molecule has 2 amide bonds. The summed E-state index contributed by atoms with van der Waals surface area (Å²) >= 11 is 0. The van der Waals surface area contributed by atoms with Gasteiger partial charge >= 0.3 is 16.8 Å². The predicted molar refractivity (Wildman–Crippen MR) is 59.1 cm³/mol. The summed E-state index contributed by atoms with van der Waals surface area (Å²) in [4.78, 5) is 39.6. The number of hydrogen-bond acceptors (Lipinski definition) is 4. The number of aliphatic carboxylic acids is 2. The van der Waals surface area contributed by atoms with Crippen molar-refractivity contribution in [1.82, 2.24) is 0 Å². The van der Waals surface area contributed by atoms with Crippen LogP contribution in [-0.4, -0.2) is 46.0 Å². The number of carbonyl (C=O) groups excluding carboxylic acids is 2. The van der Waals surface area contributed by atoms with Gasteiger partial charge in [-0.1, -0.05) is 0 Å². The number of carboxylic acid groups (broad SMARTS) is 2. The van der Waals surface area contributed by atoms with Gasteiger partial charge in [-0.05, 0) is 12.1 Å². The Balaban J connectivity index is -0.000000256. The van der Waals surface area contributed by atoms with Crippen molar-refractivity contribution in [3.8, 4) is 0 Å². The van der Waals surface area contributed by atoms with Crippen molar-refractivity contribution < 1.29 is 46.2 Å². The Bertz CT molecular complexity index is 305. The van der Waals surface area contributed by atoms with Gasteiger partial charge in [0.15, 0.2) is 0 Å². The Morgan fingerprint density at radius 3 is 1.11 bits per heavy atom. The molecule has 0 saturated carbocycles. The van der Waals surface area contributed by atoms with Gasteiger partial charge in [0.2, 0.25) is 11.8 Å². The molecule has 0 aliphatic heterocycles. The second-order valence-electron chi connectivity index (χ2n) is 3.12. The van der Waals surface area contributed by atoms with Gasteiger partial charge in [-0.15, -0.1) is 0 Å². The first kappa shape index (κ1) is 22.5. The number of amides is 2. The normalized spacial score (nSPS) is 11.9. The van der Waals surface area contributed by atoms with Gasteiger partial charge in [0.25, 0.3) is 11.9 Å². The number of rotatable bonds is 6. The second kappa shape index (κ2) is 11.4. The summed E-state index contributed by atoms with van der Waals surface area (Å²) in [6.45, 7) is 0. The maximum absolute atomic E-state index is 9.95. The van der Waals surface area contributed by atoms with Crippen molar-refractivity contribution in [2.45, 2.75) is 24.9 Å². The van der Waals surface area contributed by atoms with Crippen LogP contribution >= 0.6 is 0 Å². The summed E-state index contributed by atoms with van der Waals surface area (Å²) in [5.41, 5.74) is 22.5. The van der Waals surface area contributed by atoms with E-state index >= 15 is 0 Å². The molecule has 10 nitrogen and oxygen atoms in total. The summed E-state index contributed by atoms with van der Waals surface area (Å²) in [6.07, 6.45) is -0.843. The maximum Gasteiger partial charge on any atom is 2.00 e. The predicted octanol–water partition coefficient (Wildman–Crippen LogP) is -1.27. The molecule has 8 N–H and O–H groups in total. The molecule has 0 aromatic heterocycles. The zero-order chi connectivity index (χ0) is 14.9. The van der Waals surface area contributed by atoms with Crippen molar-refractivity contribution in [3.63, 3.8) is 0 Å². The van der Waals surface area contributed by atoms with Crippen molar-refractivity contribution in [3.05, 3.63) is 11.5 Å². The SMILES string of the molecule is [Co+2].[NH-]C(CC(N)=O)C(=O)O.[NH-]C(CC(N)=O)C(=O)O. The van der Waals surface area contributed by atoms with Crippen LogP contribution in [0.4, 0.5) is 0 Å². The Hall–Kier alpha value is -1.69. The van der Waals surface area contributed by atoms with Gasteiger partial charge in [0.1, 0.15) is 0 Å². The number of hydrogen-bond donors (Lipinski definition) is 4. The topological polar surface area (TPSA) is 208 Å². The summed E-state index contributed by atoms with van der Waals surface area (Å²) < 4.78 is 0. The number of carbonyl (C=O) groups is 4. The van der Waals surface area contributed by atoms with Crippen LogP contribution in [0.5, 0.6) is 0 Å². The average molecular weight is 321 g/mol. The molecule has 11 heteroatoms. The molecule has 0 bridgehead atoms. The minimum absolute atomic E-state index is 0. The Labute approximate surface area is 118 Å². The molecule has 111 valence electrons. The van der Waals surface area contributed by atoms with Gasteiger partial charge in [0, 0.05) is 12.8 Å². The summed E-state index contributed by atoms with van der Waals surface area (Å²) in [5, 5.41) is 16.1. The Kier molecular flexibility index (Phi) is 13.5. The molecule has 1 radical (unpaired) electrons. The number of nitrogens with one attached hydrogen (secondary N) is 2. The largest absolute Gasteiger partial charge is 2.00 e. The Morgan fingerprint density at radius 1 is 0.842 bits per heavy atom. The minimum atomic E-state index is -1.41. The molecular weight excluding hydrogens is 307 g/mol. The summed E-state index contributed by atoms with van der Waals surface area (Å²) in [6, 6.07) is -2.83. The molecule has 0 aromatic rings. The van der Waals surface area contributed by atoms with Gasteiger partial charge in [-0.25, -0.2) is 0 Å². The molecule has 0 rings (SSSR count). The molecular formula is C8H14CoN4O6. The zero-order valence-corrected chi connectivity index (χ0v) is 10.6. The van der Waals surface area contributed by atoms with Crippen LogP contribution in [-0.2, 0) is 36.0 Å². The molecule has 0 aliphatic rings. The smallest absolute Gasteiger partial charge is 0.665 e. The molecule has 2 atom stereocenters. The van der Waals surface area contributed by atoms with Crippen LogP contribution in [0.2, 0.25) is 0 Å². The van der Waals surface area contributed by atoms with Crippen molar-refractivity contribution in [2.75, 3.05) is 0 Å². The molecule has 0 saturated heterocycles. The van der Waals surface area contributed by atoms with E-state index in [-0.39, 0.29) is 16.8 Å². The minimum Gasteiger partial charge on any atom is -0.665 e. The quantitative estimate of drug-likeness (QED) is 0.468. The third kappa shape index (κ3) is 16.3. The van der Waals surface area contributed by atoms with Crippen LogP contribution in [0.25, 0.3) is 11.5 Å². The Morgan fingerprint density at radius 2 is 1.05 bits per heavy atom. The second-order valence-corrected chi connectivity index (χ2v) is 3.12. The van der Waals surface area contributed by atoms with E-state index in [1.807, 2.05) is 0 Å². The first-order valence-corrected chi connectivity index (χ1v) is 4.52. The third-order valence-electron chi connectivity index (χ3n) is 1.41. The molecule has 0 spiro atoms. The first-order chi connectivity index (χ1) is 8.07. The molecule has 19 heavy (non-hydrogen) atoms. The van der Waals surface area contributed by atoms with Gasteiger partial charge < -0.3 is 33.1 Å². The van der Waals surface area contributed by atoms with E-state index in [1.165, 1.54) is 0 Å². The molecule has 0 heterocycles. The van der Waals surface area contributed by atoms with Crippen molar-refractivity contribution in [1.29, 1.82) is 0 Å². The molecule has 2 unspecified atom stereocenters. The van der Waals surface area contributed by atoms with Gasteiger partial charge in [0.05, 0.1) is 0 Å². The van der Waals surface area contributed by atoms with E-state index < -0.39 is 48.7 Å². The maximum atomic E-state index is 9.95. The van der Waals surface area contributed by atoms with Crippen molar-refractivity contribution in [2.24, 2.45) is 11.5 Å². The molecule has 0 aliphatic carbocycles. The third-order valence-corrected chi connectivity index (χ3v) is 1.41. The van der Waals surface area contributed by atoms with E-state index in [0.29, 0.717) is 0 Å². The first-order valence-electron chi connectivity index (χ1n) is 4.52. The van der Waals surface area contributed by atoms with E-state index in [9.17, 15) is 19.2 Å². The van der Waals surface area contributed by atoms with E-state index in [2.05, 4.69) is 11.5 Å². The van der Waals surface area contributed by atoms with Crippen LogP contribution in [0.1, 0.15) is 12.8 Å². The van der Waals surface area contributed by atoms with Crippen LogP contribution in [0, 0.1) is 0 Å². The number of carboxylic acids is 2. The summed E-state index contributed by atoms with van der Waals surface area (Å²) in [5.74, 6) is -4.18. The van der Waals surface area contributed by atoms with Crippen LogP contribution in [0.3, 0.4) is 0 Å². The van der Waals surface area contributed by atoms with Crippen LogP contribution < -0.4 is 11.5 Å². The molecule has 0 aromatic carbocycles. The number of primary amides is 2. The fourth-order valence-electron chi connectivity index (χ4n) is 0.577. The summed E-state index contributed by atoms with van der Waals surface area (Å²) in [7, 11) is 0. The standard InChI is InChI=1S/2C4H7N2O3.Co/c2*5-2(4(8)9)1-3(6)7;/h2*2,5H,1H2,(H2,6,7)(H,8,9);/q2*-1;+2. The molecule has 0 fully saturated rings. The fraction of sp³-hybridized carbons (Fsp3) is 0.500. The van der Waals surface area contributed by atoms with E-state index in [4.69, 9.17) is 21.7 Å². The number of nitrogens with two attached hydrogens (primary N) is 2. The van der Waals surface area contributed by atoms with Crippen molar-refractivity contribution >= 4 is 23.8 Å². The monoisotopic (exact) mass is 321 g/mol. The average Bonchev–Trinajstić information content (AvgIpc) is 2.16. The van der Waals surface area contributed by atoms with Gasteiger partial charge in [-0.3, -0.25) is 19.2 Å². The van der Waals surface area contributed by atoms with E-state index in [1.54, 1.807) is 0 Å². The fourth-order valence-corrected chi connectivity index (χ4v) is 0.577. The van der Waals surface area contributed by atoms with Crippen LogP contribution in [0.15, 0.2) is 0 Å². The van der Waals surface area contributed by atoms with E-state index in [0.717, 1.165) is 0 Å².